The molecule has 0 amide bonds. The largest absolute Gasteiger partial charge is 0.369 e. The zero-order valence-electron chi connectivity index (χ0n) is 10.4. The van der Waals surface area contributed by atoms with Crippen LogP contribution >= 0.6 is 0 Å². The minimum Gasteiger partial charge on any atom is -0.369 e. The minimum atomic E-state index is -0.254. The second kappa shape index (κ2) is 4.35. The summed E-state index contributed by atoms with van der Waals surface area (Å²) in [5, 5.41) is 0. The van der Waals surface area contributed by atoms with Crippen molar-refractivity contribution in [3.63, 3.8) is 0 Å². The first kappa shape index (κ1) is 11.9. The van der Waals surface area contributed by atoms with Crippen molar-refractivity contribution in [3.8, 4) is 0 Å². The van der Waals surface area contributed by atoms with Crippen molar-refractivity contribution in [3.05, 3.63) is 24.0 Å². The molecule has 17 heavy (non-hydrogen) atoms. The fourth-order valence-corrected chi connectivity index (χ4v) is 2.34. The van der Waals surface area contributed by atoms with Gasteiger partial charge in [-0.25, -0.2) is 9.37 Å². The van der Waals surface area contributed by atoms with Crippen LogP contribution in [0, 0.1) is 11.7 Å². The number of halogens is 1. The number of aromatic nitrogens is 2. The highest BCUT2D eigenvalue weighted by Gasteiger charge is 2.15. The Balaban J connectivity index is 2.51. The Hall–Kier alpha value is -1.58. The average Bonchev–Trinajstić information content (AvgIpc) is 2.52. The van der Waals surface area contributed by atoms with Crippen molar-refractivity contribution in [1.82, 2.24) is 9.55 Å². The van der Waals surface area contributed by atoms with Gasteiger partial charge in [-0.2, -0.15) is 0 Å². The van der Waals surface area contributed by atoms with Gasteiger partial charge in [0, 0.05) is 6.04 Å². The molecule has 0 aliphatic heterocycles. The van der Waals surface area contributed by atoms with E-state index in [0.29, 0.717) is 11.9 Å². The molecule has 0 aliphatic carbocycles. The number of nitrogens with two attached hydrogens (primary N) is 1. The van der Waals surface area contributed by atoms with E-state index >= 15 is 0 Å². The Bertz CT molecular complexity index is 531. The van der Waals surface area contributed by atoms with E-state index in [2.05, 4.69) is 25.8 Å². The predicted octanol–water partition coefficient (Wildman–Crippen LogP) is 3.36. The molecule has 2 N–H and O–H groups in total. The number of nitrogen functional groups attached to an aromatic ring is 1. The predicted molar refractivity (Wildman–Crippen MR) is 68.3 cm³/mol. The zero-order chi connectivity index (χ0) is 12.6. The standard InChI is InChI=1S/C13H18FN3/c1-8(2)6-9(3)17-12-7-10(14)4-5-11(12)16-13(17)15/h4-5,7-9H,6H2,1-3H3,(H2,15,16). The third kappa shape index (κ3) is 2.25. The smallest absolute Gasteiger partial charge is 0.201 e. The van der Waals surface area contributed by atoms with Gasteiger partial charge in [0.2, 0.25) is 5.95 Å². The van der Waals surface area contributed by atoms with Crippen molar-refractivity contribution in [2.75, 3.05) is 5.73 Å². The van der Waals surface area contributed by atoms with Crippen LogP contribution in [0.15, 0.2) is 18.2 Å². The molecule has 1 aromatic heterocycles. The monoisotopic (exact) mass is 235 g/mol. The Morgan fingerprint density at radius 1 is 1.35 bits per heavy atom. The first-order valence-corrected chi connectivity index (χ1v) is 5.92. The number of hydrogen-bond donors (Lipinski definition) is 1. The molecule has 1 heterocycles. The molecule has 0 spiro atoms. The van der Waals surface area contributed by atoms with Crippen LogP contribution in [0.4, 0.5) is 10.3 Å². The molecule has 1 unspecified atom stereocenters. The van der Waals surface area contributed by atoms with Crippen LogP contribution in [0.2, 0.25) is 0 Å². The third-order valence-electron chi connectivity index (χ3n) is 2.93. The molecular formula is C13H18FN3. The van der Waals surface area contributed by atoms with Crippen LogP contribution in [0.5, 0.6) is 0 Å². The molecule has 0 radical (unpaired) electrons. The first-order chi connectivity index (χ1) is 7.99. The molecule has 1 atom stereocenters. The van der Waals surface area contributed by atoms with Crippen LogP contribution < -0.4 is 5.73 Å². The number of hydrogen-bond acceptors (Lipinski definition) is 2. The topological polar surface area (TPSA) is 43.8 Å². The highest BCUT2D eigenvalue weighted by atomic mass is 19.1. The van der Waals surface area contributed by atoms with Crippen molar-refractivity contribution in [2.45, 2.75) is 33.2 Å². The van der Waals surface area contributed by atoms with E-state index in [4.69, 9.17) is 5.73 Å². The molecule has 0 saturated carbocycles. The van der Waals surface area contributed by atoms with Gasteiger partial charge >= 0.3 is 0 Å². The van der Waals surface area contributed by atoms with Crippen molar-refractivity contribution < 1.29 is 4.39 Å². The summed E-state index contributed by atoms with van der Waals surface area (Å²) in [4.78, 5) is 4.26. The normalized spacial score (nSPS) is 13.5. The summed E-state index contributed by atoms with van der Waals surface area (Å²) in [6.45, 7) is 6.40. The summed E-state index contributed by atoms with van der Waals surface area (Å²) in [6.07, 6.45) is 0.992. The van der Waals surface area contributed by atoms with E-state index in [9.17, 15) is 4.39 Å². The third-order valence-corrected chi connectivity index (χ3v) is 2.93. The van der Waals surface area contributed by atoms with E-state index in [-0.39, 0.29) is 11.9 Å². The molecule has 92 valence electrons. The van der Waals surface area contributed by atoms with Gasteiger partial charge in [-0.1, -0.05) is 13.8 Å². The van der Waals surface area contributed by atoms with Gasteiger partial charge < -0.3 is 10.3 Å². The summed E-state index contributed by atoms with van der Waals surface area (Å²) in [5.74, 6) is 0.768. The summed E-state index contributed by atoms with van der Waals surface area (Å²) in [6, 6.07) is 4.79. The maximum absolute atomic E-state index is 13.3. The van der Waals surface area contributed by atoms with E-state index in [0.717, 1.165) is 17.5 Å². The minimum absolute atomic E-state index is 0.224. The highest BCUT2D eigenvalue weighted by molar-refractivity contribution is 5.78. The molecule has 0 bridgehead atoms. The van der Waals surface area contributed by atoms with E-state index < -0.39 is 0 Å². The summed E-state index contributed by atoms with van der Waals surface area (Å²) >= 11 is 0. The highest BCUT2D eigenvalue weighted by Crippen LogP contribution is 2.27. The van der Waals surface area contributed by atoms with Crippen LogP contribution in [0.3, 0.4) is 0 Å². The summed E-state index contributed by atoms with van der Waals surface area (Å²) in [7, 11) is 0. The van der Waals surface area contributed by atoms with Crippen molar-refractivity contribution in [1.29, 1.82) is 0 Å². The maximum atomic E-state index is 13.3. The second-order valence-corrected chi connectivity index (χ2v) is 4.95. The lowest BCUT2D eigenvalue weighted by molar-refractivity contribution is 0.439. The maximum Gasteiger partial charge on any atom is 0.201 e. The van der Waals surface area contributed by atoms with E-state index in [1.54, 1.807) is 6.07 Å². The second-order valence-electron chi connectivity index (χ2n) is 4.95. The van der Waals surface area contributed by atoms with Gasteiger partial charge in [-0.15, -0.1) is 0 Å². The lowest BCUT2D eigenvalue weighted by Gasteiger charge is -2.17. The number of nitrogens with zero attached hydrogens (tertiary/aromatic N) is 2. The molecule has 3 nitrogen and oxygen atoms in total. The van der Waals surface area contributed by atoms with Gasteiger partial charge in [-0.05, 0) is 37.5 Å². The molecular weight excluding hydrogens is 217 g/mol. The van der Waals surface area contributed by atoms with Crippen LogP contribution in [0.1, 0.15) is 33.2 Å². The molecule has 0 saturated heterocycles. The molecule has 0 fully saturated rings. The fraction of sp³-hybridized carbons (Fsp3) is 0.462. The molecule has 0 aliphatic rings. The van der Waals surface area contributed by atoms with Crippen LogP contribution in [-0.2, 0) is 0 Å². The fourth-order valence-electron chi connectivity index (χ4n) is 2.34. The zero-order valence-corrected chi connectivity index (χ0v) is 10.4. The molecule has 4 heteroatoms. The number of benzene rings is 1. The van der Waals surface area contributed by atoms with Crippen LogP contribution in [0.25, 0.3) is 11.0 Å². The summed E-state index contributed by atoms with van der Waals surface area (Å²) in [5.41, 5.74) is 7.43. The Labute approximate surface area is 100 Å². The van der Waals surface area contributed by atoms with E-state index in [1.807, 2.05) is 4.57 Å². The molecule has 2 aromatic rings. The van der Waals surface area contributed by atoms with Crippen LogP contribution in [-0.4, -0.2) is 9.55 Å². The first-order valence-electron chi connectivity index (χ1n) is 5.92. The molecule has 1 aromatic carbocycles. The number of rotatable bonds is 3. The number of fused-ring (bicyclic) bond motifs is 1. The van der Waals surface area contributed by atoms with E-state index in [1.165, 1.54) is 12.1 Å². The average molecular weight is 235 g/mol. The number of imidazole rings is 1. The van der Waals surface area contributed by atoms with Gasteiger partial charge in [-0.3, -0.25) is 0 Å². The number of anilines is 1. The quantitative estimate of drug-likeness (QED) is 0.886. The van der Waals surface area contributed by atoms with Crippen molar-refractivity contribution >= 4 is 17.0 Å². The Kier molecular flexibility index (Phi) is 3.05. The van der Waals surface area contributed by atoms with Gasteiger partial charge in [0.15, 0.2) is 0 Å². The lowest BCUT2D eigenvalue weighted by atomic mass is 10.1. The van der Waals surface area contributed by atoms with Gasteiger partial charge in [0.25, 0.3) is 0 Å². The van der Waals surface area contributed by atoms with Crippen molar-refractivity contribution in [2.24, 2.45) is 5.92 Å². The Morgan fingerprint density at radius 3 is 2.71 bits per heavy atom. The Morgan fingerprint density at radius 2 is 2.06 bits per heavy atom. The lowest BCUT2D eigenvalue weighted by Crippen LogP contribution is -2.11. The van der Waals surface area contributed by atoms with Gasteiger partial charge in [0.05, 0.1) is 11.0 Å². The SMILES string of the molecule is CC(C)CC(C)n1c(N)nc2ccc(F)cc21. The molecule has 2 rings (SSSR count). The van der Waals surface area contributed by atoms with Gasteiger partial charge in [0.1, 0.15) is 5.82 Å². The summed E-state index contributed by atoms with van der Waals surface area (Å²) < 4.78 is 15.2.